The lowest BCUT2D eigenvalue weighted by molar-refractivity contribution is 1.30. The van der Waals surface area contributed by atoms with Crippen molar-refractivity contribution in [2.75, 3.05) is 0 Å². The van der Waals surface area contributed by atoms with E-state index in [1.165, 1.54) is 21.5 Å². The number of hydrogen-bond acceptors (Lipinski definition) is 2. The highest BCUT2D eigenvalue weighted by molar-refractivity contribution is 6.03. The van der Waals surface area contributed by atoms with Crippen LogP contribution in [-0.4, -0.2) is 9.97 Å². The lowest BCUT2D eigenvalue weighted by atomic mass is 10.0. The van der Waals surface area contributed by atoms with Gasteiger partial charge in [-0.1, -0.05) is 84.9 Å². The minimum Gasteiger partial charge on any atom is -0.244 e. The van der Waals surface area contributed by atoms with Crippen LogP contribution >= 0.6 is 0 Å². The summed E-state index contributed by atoms with van der Waals surface area (Å²) in [5.41, 5.74) is 5.80. The van der Waals surface area contributed by atoms with Crippen molar-refractivity contribution in [3.05, 3.63) is 109 Å². The zero-order chi connectivity index (χ0) is 19.9. The van der Waals surface area contributed by atoms with Crippen molar-refractivity contribution < 1.29 is 0 Å². The van der Waals surface area contributed by atoms with Gasteiger partial charge in [-0.25, -0.2) is 9.97 Å². The fourth-order valence-electron chi connectivity index (χ4n) is 4.09. The summed E-state index contributed by atoms with van der Waals surface area (Å²) >= 11 is 0. The zero-order valence-electron chi connectivity index (χ0n) is 16.3. The van der Waals surface area contributed by atoms with Crippen molar-refractivity contribution >= 4 is 32.6 Å². The molecule has 5 aromatic carbocycles. The predicted octanol–water partition coefficient (Wildman–Crippen LogP) is 7.27. The smallest absolute Gasteiger partial charge is 0.0973 e. The summed E-state index contributed by atoms with van der Waals surface area (Å²) in [5, 5.41) is 4.84. The monoisotopic (exact) mass is 382 g/mol. The van der Waals surface area contributed by atoms with Crippen molar-refractivity contribution in [2.24, 2.45) is 0 Å². The number of fused-ring (bicyclic) bond motifs is 3. The number of rotatable bonds is 2. The SMILES string of the molecule is c1ccc(-c2nc3cc4cc5ccccc5cc4cc3nc2-c2ccccc2)cc1. The molecule has 0 N–H and O–H groups in total. The molecule has 0 atom stereocenters. The molecule has 2 nitrogen and oxygen atoms in total. The summed E-state index contributed by atoms with van der Waals surface area (Å²) < 4.78 is 0. The highest BCUT2D eigenvalue weighted by Gasteiger charge is 2.13. The van der Waals surface area contributed by atoms with Crippen LogP contribution < -0.4 is 0 Å². The Balaban J connectivity index is 1.68. The van der Waals surface area contributed by atoms with Gasteiger partial charge in [0.1, 0.15) is 0 Å². The number of hydrogen-bond donors (Lipinski definition) is 0. The van der Waals surface area contributed by atoms with Crippen molar-refractivity contribution in [3.8, 4) is 22.5 Å². The van der Waals surface area contributed by atoms with E-state index in [-0.39, 0.29) is 0 Å². The van der Waals surface area contributed by atoms with E-state index in [4.69, 9.17) is 9.97 Å². The maximum absolute atomic E-state index is 5.09. The van der Waals surface area contributed by atoms with Crippen LogP contribution in [0.3, 0.4) is 0 Å². The average Bonchev–Trinajstić information content (AvgIpc) is 2.81. The van der Waals surface area contributed by atoms with Crippen molar-refractivity contribution in [1.29, 1.82) is 0 Å². The van der Waals surface area contributed by atoms with Crippen LogP contribution in [0.25, 0.3) is 55.1 Å². The van der Waals surface area contributed by atoms with Crippen LogP contribution in [-0.2, 0) is 0 Å². The molecule has 0 aliphatic carbocycles. The van der Waals surface area contributed by atoms with Gasteiger partial charge in [0.25, 0.3) is 0 Å². The van der Waals surface area contributed by atoms with Crippen molar-refractivity contribution in [2.45, 2.75) is 0 Å². The molecule has 0 saturated carbocycles. The van der Waals surface area contributed by atoms with Crippen LogP contribution in [0.5, 0.6) is 0 Å². The van der Waals surface area contributed by atoms with Gasteiger partial charge < -0.3 is 0 Å². The molecule has 0 aliphatic rings. The largest absolute Gasteiger partial charge is 0.244 e. The third-order valence-electron chi connectivity index (χ3n) is 5.58. The quantitative estimate of drug-likeness (QED) is 0.294. The number of aromatic nitrogens is 2. The molecular weight excluding hydrogens is 364 g/mol. The molecule has 0 unspecified atom stereocenters. The Morgan fingerprint density at radius 2 is 0.767 bits per heavy atom. The van der Waals surface area contributed by atoms with Crippen LogP contribution in [0.1, 0.15) is 0 Å². The van der Waals surface area contributed by atoms with Gasteiger partial charge in [-0.15, -0.1) is 0 Å². The van der Waals surface area contributed by atoms with Gasteiger partial charge in [0.05, 0.1) is 22.4 Å². The molecular formula is C28H18N2. The fourth-order valence-corrected chi connectivity index (χ4v) is 4.09. The Morgan fingerprint density at radius 3 is 1.20 bits per heavy atom. The highest BCUT2D eigenvalue weighted by atomic mass is 14.8. The van der Waals surface area contributed by atoms with E-state index in [1.807, 2.05) is 36.4 Å². The third-order valence-corrected chi connectivity index (χ3v) is 5.58. The first-order valence-corrected chi connectivity index (χ1v) is 10.1. The Labute approximate surface area is 174 Å². The first kappa shape index (κ1) is 16.9. The van der Waals surface area contributed by atoms with E-state index < -0.39 is 0 Å². The minimum absolute atomic E-state index is 0.912. The molecule has 0 spiro atoms. The normalized spacial score (nSPS) is 11.3. The summed E-state index contributed by atoms with van der Waals surface area (Å²) in [5.74, 6) is 0. The second-order valence-corrected chi connectivity index (χ2v) is 7.54. The van der Waals surface area contributed by atoms with E-state index in [2.05, 4.69) is 72.8 Å². The van der Waals surface area contributed by atoms with Crippen LogP contribution in [0.2, 0.25) is 0 Å². The van der Waals surface area contributed by atoms with E-state index >= 15 is 0 Å². The Hall–Kier alpha value is -4.04. The summed E-state index contributed by atoms with van der Waals surface area (Å²) in [6.07, 6.45) is 0. The summed E-state index contributed by atoms with van der Waals surface area (Å²) in [4.78, 5) is 10.2. The molecule has 140 valence electrons. The summed E-state index contributed by atoms with van der Waals surface area (Å²) in [7, 11) is 0. The Kier molecular flexibility index (Phi) is 3.82. The van der Waals surface area contributed by atoms with Crippen LogP contribution in [0.15, 0.2) is 109 Å². The van der Waals surface area contributed by atoms with Crippen molar-refractivity contribution in [3.63, 3.8) is 0 Å². The van der Waals surface area contributed by atoms with Crippen molar-refractivity contribution in [1.82, 2.24) is 9.97 Å². The minimum atomic E-state index is 0.912. The lowest BCUT2D eigenvalue weighted by Gasteiger charge is -2.12. The van der Waals surface area contributed by atoms with E-state index in [0.29, 0.717) is 0 Å². The van der Waals surface area contributed by atoms with E-state index in [1.54, 1.807) is 0 Å². The molecule has 1 aromatic heterocycles. The predicted molar refractivity (Wildman–Crippen MR) is 125 cm³/mol. The lowest BCUT2D eigenvalue weighted by Crippen LogP contribution is -1.95. The summed E-state index contributed by atoms with van der Waals surface area (Å²) in [6.45, 7) is 0. The van der Waals surface area contributed by atoms with Gasteiger partial charge in [0.15, 0.2) is 0 Å². The third kappa shape index (κ3) is 2.82. The molecule has 0 aliphatic heterocycles. The highest BCUT2D eigenvalue weighted by Crippen LogP contribution is 2.33. The molecule has 0 saturated heterocycles. The maximum atomic E-state index is 5.09. The first-order valence-electron chi connectivity index (χ1n) is 10.1. The molecule has 0 fully saturated rings. The van der Waals surface area contributed by atoms with Gasteiger partial charge in [-0.3, -0.25) is 0 Å². The Bertz CT molecular complexity index is 1400. The van der Waals surface area contributed by atoms with Crippen LogP contribution in [0.4, 0.5) is 0 Å². The van der Waals surface area contributed by atoms with Gasteiger partial charge in [0.2, 0.25) is 0 Å². The van der Waals surface area contributed by atoms with Gasteiger partial charge in [-0.05, 0) is 45.8 Å². The standard InChI is InChI=1S/C28H18N2/c1-3-9-19(10-4-1)27-28(20-11-5-2-6-12-20)30-26-18-24-16-22-14-8-7-13-21(22)15-23(24)17-25(26)29-27/h1-18H. The molecule has 0 radical (unpaired) electrons. The molecule has 1 heterocycles. The van der Waals surface area contributed by atoms with Gasteiger partial charge in [-0.2, -0.15) is 0 Å². The number of benzene rings is 5. The molecule has 0 bridgehead atoms. The maximum Gasteiger partial charge on any atom is 0.0973 e. The van der Waals surface area contributed by atoms with E-state index in [9.17, 15) is 0 Å². The second-order valence-electron chi connectivity index (χ2n) is 7.54. The first-order chi connectivity index (χ1) is 14.8. The van der Waals surface area contributed by atoms with Gasteiger partial charge >= 0.3 is 0 Å². The van der Waals surface area contributed by atoms with Gasteiger partial charge in [0, 0.05) is 11.1 Å². The fraction of sp³-hybridized carbons (Fsp3) is 0. The topological polar surface area (TPSA) is 25.8 Å². The summed E-state index contributed by atoms with van der Waals surface area (Å²) in [6, 6.07) is 37.9. The molecule has 6 rings (SSSR count). The van der Waals surface area contributed by atoms with E-state index in [0.717, 1.165) is 33.5 Å². The average molecular weight is 382 g/mol. The molecule has 0 amide bonds. The van der Waals surface area contributed by atoms with Crippen LogP contribution in [0, 0.1) is 0 Å². The zero-order valence-corrected chi connectivity index (χ0v) is 16.3. The number of nitrogens with zero attached hydrogens (tertiary/aromatic N) is 2. The molecule has 6 aromatic rings. The Morgan fingerprint density at radius 1 is 0.367 bits per heavy atom. The second kappa shape index (κ2) is 6.78. The molecule has 30 heavy (non-hydrogen) atoms. The molecule has 2 heteroatoms.